The van der Waals surface area contributed by atoms with Crippen LogP contribution in [0, 0.1) is 0 Å². The molecule has 1 saturated heterocycles. The summed E-state index contributed by atoms with van der Waals surface area (Å²) in [5, 5.41) is 0. The van der Waals surface area contributed by atoms with Crippen molar-refractivity contribution in [3.05, 3.63) is 35.6 Å². The zero-order chi connectivity index (χ0) is 15.7. The third-order valence-corrected chi connectivity index (χ3v) is 4.37. The summed E-state index contributed by atoms with van der Waals surface area (Å²) in [5.74, 6) is 1.90. The SMILES string of the molecule is CC[C@H](N)c1ccc(/C=C/B2OC(C)(C)C(C)(C)O2)nc1. The van der Waals surface area contributed by atoms with E-state index in [1.807, 2.05) is 58.1 Å². The molecule has 0 bridgehead atoms. The minimum Gasteiger partial charge on any atom is -0.400 e. The second-order valence-electron chi connectivity index (χ2n) is 6.51. The van der Waals surface area contributed by atoms with Crippen molar-refractivity contribution in [1.82, 2.24) is 4.98 Å². The quantitative estimate of drug-likeness (QED) is 0.865. The Bertz CT molecular complexity index is 496. The van der Waals surface area contributed by atoms with Crippen LogP contribution in [0.1, 0.15) is 58.3 Å². The number of nitrogens with zero attached hydrogens (tertiary/aromatic N) is 1. The van der Waals surface area contributed by atoms with E-state index in [0.717, 1.165) is 17.7 Å². The van der Waals surface area contributed by atoms with Crippen LogP contribution < -0.4 is 5.73 Å². The molecule has 114 valence electrons. The van der Waals surface area contributed by atoms with Gasteiger partial charge in [0.15, 0.2) is 0 Å². The van der Waals surface area contributed by atoms with Crippen molar-refractivity contribution in [2.24, 2.45) is 5.73 Å². The Morgan fingerprint density at radius 1 is 1.24 bits per heavy atom. The standard InChI is InChI=1S/C16H25BN2O2/c1-6-14(18)12-7-8-13(19-11-12)9-10-17-20-15(2,3)16(4,5)21-17/h7-11,14H,6,18H2,1-5H3/b10-9+/t14-/m0/s1. The number of pyridine rings is 1. The topological polar surface area (TPSA) is 57.4 Å². The van der Waals surface area contributed by atoms with E-state index < -0.39 is 0 Å². The minimum absolute atomic E-state index is 0.0543. The Morgan fingerprint density at radius 2 is 1.86 bits per heavy atom. The molecule has 0 aromatic carbocycles. The van der Waals surface area contributed by atoms with Gasteiger partial charge < -0.3 is 15.0 Å². The van der Waals surface area contributed by atoms with Crippen LogP contribution in [0.2, 0.25) is 0 Å². The first-order valence-corrected chi connectivity index (χ1v) is 7.50. The largest absolute Gasteiger partial charge is 0.487 e. The predicted octanol–water partition coefficient (Wildman–Crippen LogP) is 3.14. The van der Waals surface area contributed by atoms with Gasteiger partial charge in [-0.1, -0.05) is 19.0 Å². The maximum Gasteiger partial charge on any atom is 0.487 e. The van der Waals surface area contributed by atoms with Gasteiger partial charge in [-0.05, 0) is 51.8 Å². The predicted molar refractivity (Wildman–Crippen MR) is 86.6 cm³/mol. The van der Waals surface area contributed by atoms with Gasteiger partial charge in [-0.25, -0.2) is 0 Å². The Labute approximate surface area is 127 Å². The third kappa shape index (κ3) is 3.54. The summed E-state index contributed by atoms with van der Waals surface area (Å²) in [6.07, 6.45) is 4.66. The monoisotopic (exact) mass is 288 g/mol. The van der Waals surface area contributed by atoms with E-state index in [0.29, 0.717) is 0 Å². The van der Waals surface area contributed by atoms with Crippen molar-refractivity contribution in [3.8, 4) is 0 Å². The van der Waals surface area contributed by atoms with Crippen LogP contribution >= 0.6 is 0 Å². The van der Waals surface area contributed by atoms with Crippen molar-refractivity contribution < 1.29 is 9.31 Å². The van der Waals surface area contributed by atoms with Crippen LogP contribution in [0.25, 0.3) is 6.08 Å². The summed E-state index contributed by atoms with van der Waals surface area (Å²) >= 11 is 0. The molecule has 0 unspecified atom stereocenters. The van der Waals surface area contributed by atoms with Gasteiger partial charge in [-0.2, -0.15) is 0 Å². The van der Waals surface area contributed by atoms with Crippen molar-refractivity contribution in [2.45, 2.75) is 58.3 Å². The molecule has 1 aliphatic rings. The van der Waals surface area contributed by atoms with Crippen LogP contribution in [0.15, 0.2) is 24.3 Å². The zero-order valence-electron chi connectivity index (χ0n) is 13.6. The number of hydrogen-bond acceptors (Lipinski definition) is 4. The van der Waals surface area contributed by atoms with Crippen molar-refractivity contribution >= 4 is 13.2 Å². The third-order valence-electron chi connectivity index (χ3n) is 4.37. The normalized spacial score (nSPS) is 21.9. The molecule has 1 aromatic heterocycles. The maximum atomic E-state index is 5.98. The molecule has 1 aliphatic heterocycles. The highest BCUT2D eigenvalue weighted by molar-refractivity contribution is 6.52. The maximum absolute atomic E-state index is 5.98. The fourth-order valence-electron chi connectivity index (χ4n) is 2.11. The van der Waals surface area contributed by atoms with Crippen molar-refractivity contribution in [3.63, 3.8) is 0 Å². The van der Waals surface area contributed by atoms with Gasteiger partial charge in [0, 0.05) is 12.2 Å². The van der Waals surface area contributed by atoms with E-state index in [1.165, 1.54) is 0 Å². The number of rotatable bonds is 4. The van der Waals surface area contributed by atoms with E-state index in [9.17, 15) is 0 Å². The molecule has 1 atom stereocenters. The summed E-state index contributed by atoms with van der Waals surface area (Å²) in [6, 6.07) is 4.04. The molecule has 1 fully saturated rings. The first-order valence-electron chi connectivity index (χ1n) is 7.50. The Kier molecular flexibility index (Phi) is 4.56. The van der Waals surface area contributed by atoms with E-state index >= 15 is 0 Å². The lowest BCUT2D eigenvalue weighted by molar-refractivity contribution is 0.00578. The Balaban J connectivity index is 2.03. The summed E-state index contributed by atoms with van der Waals surface area (Å²) < 4.78 is 11.8. The second-order valence-corrected chi connectivity index (χ2v) is 6.51. The molecule has 0 amide bonds. The lowest BCUT2D eigenvalue weighted by atomic mass is 9.89. The molecular formula is C16H25BN2O2. The molecule has 5 heteroatoms. The highest BCUT2D eigenvalue weighted by Gasteiger charge is 2.49. The van der Waals surface area contributed by atoms with Crippen LogP contribution in [-0.4, -0.2) is 23.3 Å². The summed E-state index contributed by atoms with van der Waals surface area (Å²) in [5.41, 5.74) is 7.29. The number of nitrogens with two attached hydrogens (primary N) is 1. The molecule has 0 aliphatic carbocycles. The fraction of sp³-hybridized carbons (Fsp3) is 0.562. The second kappa shape index (κ2) is 5.91. The van der Waals surface area contributed by atoms with Crippen LogP contribution in [0.5, 0.6) is 0 Å². The van der Waals surface area contributed by atoms with Crippen LogP contribution in [0.3, 0.4) is 0 Å². The average Bonchev–Trinajstić information content (AvgIpc) is 2.64. The van der Waals surface area contributed by atoms with E-state index in [1.54, 1.807) is 0 Å². The van der Waals surface area contributed by atoms with E-state index in [-0.39, 0.29) is 24.4 Å². The van der Waals surface area contributed by atoms with Crippen molar-refractivity contribution in [2.75, 3.05) is 0 Å². The minimum atomic E-state index is -0.339. The summed E-state index contributed by atoms with van der Waals surface area (Å²) in [7, 11) is -0.339. The number of aromatic nitrogens is 1. The van der Waals surface area contributed by atoms with Gasteiger partial charge in [0.1, 0.15) is 0 Å². The zero-order valence-corrected chi connectivity index (χ0v) is 13.6. The van der Waals surface area contributed by atoms with Gasteiger partial charge in [0.05, 0.1) is 16.9 Å². The van der Waals surface area contributed by atoms with E-state index in [2.05, 4.69) is 11.9 Å². The summed E-state index contributed by atoms with van der Waals surface area (Å²) in [4.78, 5) is 4.40. The van der Waals surface area contributed by atoms with Gasteiger partial charge >= 0.3 is 7.12 Å². The molecular weight excluding hydrogens is 263 g/mol. The number of hydrogen-bond donors (Lipinski definition) is 1. The van der Waals surface area contributed by atoms with Gasteiger partial charge in [0.25, 0.3) is 0 Å². The first-order chi connectivity index (χ1) is 9.75. The first kappa shape index (κ1) is 16.2. The molecule has 0 spiro atoms. The van der Waals surface area contributed by atoms with Gasteiger partial charge in [0.2, 0.25) is 0 Å². The fourth-order valence-corrected chi connectivity index (χ4v) is 2.11. The average molecular weight is 288 g/mol. The van der Waals surface area contributed by atoms with Crippen LogP contribution in [-0.2, 0) is 9.31 Å². The van der Waals surface area contributed by atoms with Crippen molar-refractivity contribution in [1.29, 1.82) is 0 Å². The lowest BCUT2D eigenvalue weighted by Gasteiger charge is -2.32. The lowest BCUT2D eigenvalue weighted by Crippen LogP contribution is -2.41. The van der Waals surface area contributed by atoms with Crippen LogP contribution in [0.4, 0.5) is 0 Å². The highest BCUT2D eigenvalue weighted by Crippen LogP contribution is 2.36. The Hall–Kier alpha value is -1.17. The molecule has 1 aromatic rings. The molecule has 0 saturated carbocycles. The molecule has 2 N–H and O–H groups in total. The molecule has 4 nitrogen and oxygen atoms in total. The van der Waals surface area contributed by atoms with E-state index in [4.69, 9.17) is 15.0 Å². The van der Waals surface area contributed by atoms with Gasteiger partial charge in [-0.15, -0.1) is 0 Å². The van der Waals surface area contributed by atoms with Gasteiger partial charge in [-0.3, -0.25) is 4.98 Å². The molecule has 0 radical (unpaired) electrons. The highest BCUT2D eigenvalue weighted by atomic mass is 16.7. The smallest absolute Gasteiger partial charge is 0.400 e. The molecule has 21 heavy (non-hydrogen) atoms. The Morgan fingerprint density at radius 3 is 2.33 bits per heavy atom. The molecule has 2 heterocycles. The molecule has 2 rings (SSSR count). The summed E-state index contributed by atoms with van der Waals surface area (Å²) in [6.45, 7) is 10.2.